The molecule has 0 saturated heterocycles. The number of halogens is 2. The molecule has 0 aliphatic heterocycles. The average Bonchev–Trinajstić information content (AvgIpc) is 2.41. The predicted molar refractivity (Wildman–Crippen MR) is 77.8 cm³/mol. The van der Waals surface area contributed by atoms with E-state index >= 15 is 0 Å². The second kappa shape index (κ2) is 6.67. The zero-order valence-electron chi connectivity index (χ0n) is 10.6. The molecule has 2 aromatic rings. The zero-order valence-corrected chi connectivity index (χ0v) is 11.4. The summed E-state index contributed by atoms with van der Waals surface area (Å²) >= 11 is 0. The van der Waals surface area contributed by atoms with E-state index in [1.54, 1.807) is 0 Å². The third kappa shape index (κ3) is 3.90. The Morgan fingerprint density at radius 1 is 1.24 bits per heavy atom. The molecule has 0 saturated carbocycles. The summed E-state index contributed by atoms with van der Waals surface area (Å²) in [6.07, 6.45) is 0. The van der Waals surface area contributed by atoms with Crippen molar-refractivity contribution < 1.29 is 14.1 Å². The van der Waals surface area contributed by atoms with Gasteiger partial charge in [-0.2, -0.15) is 0 Å². The number of non-ortho nitro benzene ring substituents is 1. The van der Waals surface area contributed by atoms with Gasteiger partial charge < -0.3 is 10.5 Å². The molecule has 0 heterocycles. The number of amidine groups is 1. The number of nitrogens with zero attached hydrogens (tertiary/aromatic N) is 1. The summed E-state index contributed by atoms with van der Waals surface area (Å²) < 4.78 is 19.0. The summed E-state index contributed by atoms with van der Waals surface area (Å²) in [7, 11) is 0. The van der Waals surface area contributed by atoms with E-state index in [4.69, 9.17) is 15.9 Å². The lowest BCUT2D eigenvalue weighted by Crippen LogP contribution is -2.11. The highest BCUT2D eigenvalue weighted by Gasteiger charge is 2.09. The Morgan fingerprint density at radius 2 is 1.86 bits per heavy atom. The number of nitrogens with two attached hydrogens (primary N) is 1. The third-order valence-electron chi connectivity index (χ3n) is 2.52. The quantitative estimate of drug-likeness (QED) is 0.391. The standard InChI is InChI=1S/C13H10FN3O3.ClH/c14-11-7-8(13(15)16)1-6-12(11)20-10-4-2-9(3-5-10)17(18)19;/h1-7H,(H3,15,16);1H. The number of benzene rings is 2. The molecule has 110 valence electrons. The van der Waals surface area contributed by atoms with Crippen LogP contribution in [0.25, 0.3) is 0 Å². The van der Waals surface area contributed by atoms with Crippen LogP contribution in [0.4, 0.5) is 10.1 Å². The van der Waals surface area contributed by atoms with Crippen LogP contribution in [0.2, 0.25) is 0 Å². The van der Waals surface area contributed by atoms with Gasteiger partial charge in [-0.1, -0.05) is 0 Å². The summed E-state index contributed by atoms with van der Waals surface area (Å²) in [5.41, 5.74) is 5.41. The van der Waals surface area contributed by atoms with Gasteiger partial charge in [-0.15, -0.1) is 12.4 Å². The van der Waals surface area contributed by atoms with E-state index in [2.05, 4.69) is 0 Å². The Hall–Kier alpha value is -2.67. The van der Waals surface area contributed by atoms with Crippen LogP contribution in [0.3, 0.4) is 0 Å². The molecule has 2 aromatic carbocycles. The molecule has 0 amide bonds. The van der Waals surface area contributed by atoms with Gasteiger partial charge in [-0.3, -0.25) is 15.5 Å². The van der Waals surface area contributed by atoms with Gasteiger partial charge in [0.1, 0.15) is 11.6 Å². The first-order valence-electron chi connectivity index (χ1n) is 5.53. The first kappa shape index (κ1) is 16.4. The van der Waals surface area contributed by atoms with Gasteiger partial charge in [-0.05, 0) is 30.3 Å². The van der Waals surface area contributed by atoms with Crippen molar-refractivity contribution in [3.8, 4) is 11.5 Å². The molecule has 0 spiro atoms. The van der Waals surface area contributed by atoms with Crippen LogP contribution >= 0.6 is 12.4 Å². The maximum Gasteiger partial charge on any atom is 0.269 e. The van der Waals surface area contributed by atoms with Gasteiger partial charge in [0.25, 0.3) is 5.69 Å². The molecule has 0 radical (unpaired) electrons. The summed E-state index contributed by atoms with van der Waals surface area (Å²) in [6.45, 7) is 0. The first-order chi connectivity index (χ1) is 9.47. The second-order valence-corrected chi connectivity index (χ2v) is 3.91. The number of nitro benzene ring substituents is 1. The van der Waals surface area contributed by atoms with Crippen molar-refractivity contribution in [3.63, 3.8) is 0 Å². The van der Waals surface area contributed by atoms with Crippen molar-refractivity contribution in [3.05, 3.63) is 64.0 Å². The molecule has 0 aliphatic carbocycles. The van der Waals surface area contributed by atoms with Crippen molar-refractivity contribution in [1.29, 1.82) is 5.41 Å². The number of nitro groups is 1. The fourth-order valence-corrected chi connectivity index (χ4v) is 1.51. The van der Waals surface area contributed by atoms with E-state index in [0.717, 1.165) is 6.07 Å². The Bertz CT molecular complexity index is 677. The van der Waals surface area contributed by atoms with Crippen molar-refractivity contribution in [2.45, 2.75) is 0 Å². The molecule has 0 atom stereocenters. The van der Waals surface area contributed by atoms with Gasteiger partial charge in [0, 0.05) is 17.7 Å². The monoisotopic (exact) mass is 311 g/mol. The number of nitrogen functional groups attached to an aromatic ring is 1. The molecule has 0 aromatic heterocycles. The highest BCUT2D eigenvalue weighted by molar-refractivity contribution is 5.95. The van der Waals surface area contributed by atoms with Gasteiger partial charge in [0.15, 0.2) is 11.6 Å². The normalized spacial score (nSPS) is 9.57. The highest BCUT2D eigenvalue weighted by atomic mass is 35.5. The summed E-state index contributed by atoms with van der Waals surface area (Å²) in [5.74, 6) is -0.698. The van der Waals surface area contributed by atoms with Gasteiger partial charge in [0.05, 0.1) is 4.92 Å². The fraction of sp³-hybridized carbons (Fsp3) is 0. The molecular formula is C13H11ClFN3O3. The van der Waals surface area contributed by atoms with E-state index < -0.39 is 10.7 Å². The summed E-state index contributed by atoms with van der Waals surface area (Å²) in [4.78, 5) is 9.96. The minimum absolute atomic E-state index is 0. The molecule has 8 heteroatoms. The number of ether oxygens (including phenoxy) is 1. The van der Waals surface area contributed by atoms with Crippen molar-refractivity contribution >= 4 is 23.9 Å². The highest BCUT2D eigenvalue weighted by Crippen LogP contribution is 2.26. The molecule has 3 N–H and O–H groups in total. The number of hydrogen-bond acceptors (Lipinski definition) is 4. The number of nitrogens with one attached hydrogen (secondary N) is 1. The Kier molecular flexibility index (Phi) is 5.20. The van der Waals surface area contributed by atoms with Crippen LogP contribution in [0.15, 0.2) is 42.5 Å². The molecule has 21 heavy (non-hydrogen) atoms. The van der Waals surface area contributed by atoms with E-state index in [-0.39, 0.29) is 41.0 Å². The zero-order chi connectivity index (χ0) is 14.7. The van der Waals surface area contributed by atoms with Crippen LogP contribution in [0, 0.1) is 21.3 Å². The van der Waals surface area contributed by atoms with E-state index in [1.807, 2.05) is 0 Å². The van der Waals surface area contributed by atoms with Crippen molar-refractivity contribution in [2.75, 3.05) is 0 Å². The molecule has 6 nitrogen and oxygen atoms in total. The predicted octanol–water partition coefficient (Wildman–Crippen LogP) is 3.23. The molecule has 0 bridgehead atoms. The molecule has 0 aliphatic rings. The Balaban J connectivity index is 0.00000220. The van der Waals surface area contributed by atoms with Crippen LogP contribution in [-0.4, -0.2) is 10.8 Å². The van der Waals surface area contributed by atoms with E-state index in [0.29, 0.717) is 0 Å². The Labute approximate surface area is 125 Å². The lowest BCUT2D eigenvalue weighted by Gasteiger charge is -2.07. The van der Waals surface area contributed by atoms with Gasteiger partial charge in [0.2, 0.25) is 0 Å². The van der Waals surface area contributed by atoms with E-state index in [9.17, 15) is 14.5 Å². The largest absolute Gasteiger partial charge is 0.454 e. The minimum Gasteiger partial charge on any atom is -0.454 e. The maximum absolute atomic E-state index is 13.7. The Morgan fingerprint density at radius 3 is 2.33 bits per heavy atom. The number of hydrogen-bond donors (Lipinski definition) is 2. The maximum atomic E-state index is 13.7. The lowest BCUT2D eigenvalue weighted by atomic mass is 10.2. The third-order valence-corrected chi connectivity index (χ3v) is 2.52. The second-order valence-electron chi connectivity index (χ2n) is 3.91. The smallest absolute Gasteiger partial charge is 0.269 e. The van der Waals surface area contributed by atoms with Crippen LogP contribution < -0.4 is 10.5 Å². The first-order valence-corrected chi connectivity index (χ1v) is 5.53. The molecule has 0 unspecified atom stereocenters. The summed E-state index contributed by atoms with van der Waals surface area (Å²) in [6, 6.07) is 9.14. The molecule has 2 rings (SSSR count). The lowest BCUT2D eigenvalue weighted by molar-refractivity contribution is -0.384. The molecule has 0 fully saturated rings. The molecular weight excluding hydrogens is 301 g/mol. The van der Waals surface area contributed by atoms with Gasteiger partial charge in [-0.25, -0.2) is 4.39 Å². The average molecular weight is 312 g/mol. The van der Waals surface area contributed by atoms with Crippen molar-refractivity contribution in [1.82, 2.24) is 0 Å². The summed E-state index contributed by atoms with van der Waals surface area (Å²) in [5, 5.41) is 17.7. The SMILES string of the molecule is Cl.N=C(N)c1ccc(Oc2ccc([N+](=O)[O-])cc2)c(F)c1. The number of rotatable bonds is 4. The van der Waals surface area contributed by atoms with E-state index in [1.165, 1.54) is 36.4 Å². The topological polar surface area (TPSA) is 102 Å². The van der Waals surface area contributed by atoms with Crippen LogP contribution in [0.5, 0.6) is 11.5 Å². The van der Waals surface area contributed by atoms with Crippen molar-refractivity contribution in [2.24, 2.45) is 5.73 Å². The van der Waals surface area contributed by atoms with Crippen LogP contribution in [0.1, 0.15) is 5.56 Å². The fourth-order valence-electron chi connectivity index (χ4n) is 1.51. The minimum atomic E-state index is -0.670. The van der Waals surface area contributed by atoms with Gasteiger partial charge >= 0.3 is 0 Å². The van der Waals surface area contributed by atoms with Crippen LogP contribution in [-0.2, 0) is 0 Å².